The number of thioether (sulfide) groups is 1. The molecule has 0 spiro atoms. The summed E-state index contributed by atoms with van der Waals surface area (Å²) in [5, 5.41) is 11.8. The van der Waals surface area contributed by atoms with Crippen molar-refractivity contribution in [2.24, 2.45) is 5.92 Å². The van der Waals surface area contributed by atoms with Crippen molar-refractivity contribution in [1.29, 1.82) is 0 Å². The fraction of sp³-hybridized carbons (Fsp3) is 0.389. The Bertz CT molecular complexity index is 702. The zero-order valence-electron chi connectivity index (χ0n) is 14.3. The van der Waals surface area contributed by atoms with Crippen LogP contribution < -0.4 is 5.32 Å². The number of carbonyl (C=O) groups is 2. The Morgan fingerprint density at radius 3 is 2.68 bits per heavy atom. The quantitative estimate of drug-likeness (QED) is 0.712. The summed E-state index contributed by atoms with van der Waals surface area (Å²) in [5.74, 6) is -0.168. The number of nitrogens with zero attached hydrogens (tertiary/aromatic N) is 1. The van der Waals surface area contributed by atoms with Crippen LogP contribution in [0.4, 0.5) is 0 Å². The summed E-state index contributed by atoms with van der Waals surface area (Å²) >= 11 is 1.37. The van der Waals surface area contributed by atoms with Crippen LogP contribution in [0, 0.1) is 5.92 Å². The summed E-state index contributed by atoms with van der Waals surface area (Å²) in [6.45, 7) is 3.71. The maximum Gasteiger partial charge on any atom is 0.326 e. The third-order valence-electron chi connectivity index (χ3n) is 3.85. The summed E-state index contributed by atoms with van der Waals surface area (Å²) in [6.07, 6.45) is 2.26. The van der Waals surface area contributed by atoms with E-state index in [1.807, 2.05) is 44.2 Å². The number of carboxylic acids is 1. The number of oxazole rings is 1. The van der Waals surface area contributed by atoms with E-state index < -0.39 is 12.0 Å². The van der Waals surface area contributed by atoms with Crippen molar-refractivity contribution in [1.82, 2.24) is 10.3 Å². The Balaban J connectivity index is 1.81. The number of hydrogen-bond acceptors (Lipinski definition) is 5. The molecule has 0 saturated carbocycles. The van der Waals surface area contributed by atoms with Crippen LogP contribution in [-0.4, -0.2) is 33.8 Å². The van der Waals surface area contributed by atoms with Crippen molar-refractivity contribution in [3.05, 3.63) is 42.3 Å². The van der Waals surface area contributed by atoms with E-state index in [0.29, 0.717) is 18.1 Å². The minimum atomic E-state index is -1.00. The lowest BCUT2D eigenvalue weighted by Gasteiger charge is -2.19. The molecular formula is C18H22N2O4S. The Labute approximate surface area is 151 Å². The number of aromatic nitrogens is 1. The van der Waals surface area contributed by atoms with Gasteiger partial charge in [0.25, 0.3) is 0 Å². The van der Waals surface area contributed by atoms with Gasteiger partial charge in [-0.2, -0.15) is 0 Å². The summed E-state index contributed by atoms with van der Waals surface area (Å²) in [5.41, 5.74) is 1.64. The van der Waals surface area contributed by atoms with Crippen LogP contribution in [0.2, 0.25) is 0 Å². The lowest BCUT2D eigenvalue weighted by molar-refractivity contribution is -0.143. The highest BCUT2D eigenvalue weighted by Crippen LogP contribution is 2.20. The molecule has 2 rings (SSSR count). The SMILES string of the molecule is CC[C@H](C)[C@H](NC(=O)CSCc1coc(-c2ccccc2)n1)C(=O)O. The molecule has 0 fully saturated rings. The lowest BCUT2D eigenvalue weighted by Crippen LogP contribution is -2.45. The molecule has 2 aromatic rings. The van der Waals surface area contributed by atoms with E-state index in [9.17, 15) is 14.7 Å². The van der Waals surface area contributed by atoms with Crippen LogP contribution in [-0.2, 0) is 15.3 Å². The molecule has 6 nitrogen and oxygen atoms in total. The fourth-order valence-corrected chi connectivity index (χ4v) is 2.95. The van der Waals surface area contributed by atoms with E-state index in [0.717, 1.165) is 11.3 Å². The highest BCUT2D eigenvalue weighted by atomic mass is 32.2. The molecule has 0 saturated heterocycles. The Morgan fingerprint density at radius 1 is 1.32 bits per heavy atom. The standard InChI is InChI=1S/C18H22N2O4S/c1-3-12(2)16(18(22)23)20-15(21)11-25-10-14-9-24-17(19-14)13-7-5-4-6-8-13/h4-9,12,16H,3,10-11H2,1-2H3,(H,20,21)(H,22,23)/t12-,16-/m0/s1. The molecule has 0 aliphatic heterocycles. The molecule has 2 atom stereocenters. The second-order valence-corrected chi connectivity index (χ2v) is 6.76. The maximum atomic E-state index is 12.0. The predicted octanol–water partition coefficient (Wildman–Crippen LogP) is 3.19. The van der Waals surface area contributed by atoms with Gasteiger partial charge >= 0.3 is 5.97 Å². The van der Waals surface area contributed by atoms with Crippen LogP contribution >= 0.6 is 11.8 Å². The number of carboxylic acid groups (broad SMARTS) is 1. The summed E-state index contributed by atoms with van der Waals surface area (Å²) < 4.78 is 5.45. The van der Waals surface area contributed by atoms with E-state index in [1.165, 1.54) is 11.8 Å². The smallest absolute Gasteiger partial charge is 0.326 e. The van der Waals surface area contributed by atoms with Crippen LogP contribution in [0.1, 0.15) is 26.0 Å². The molecule has 1 heterocycles. The third kappa shape index (κ3) is 5.63. The Hall–Kier alpha value is -2.28. The monoisotopic (exact) mass is 362 g/mol. The maximum absolute atomic E-state index is 12.0. The molecule has 1 aromatic heterocycles. The average Bonchev–Trinajstić information content (AvgIpc) is 3.08. The molecule has 1 amide bonds. The summed E-state index contributed by atoms with van der Waals surface area (Å²) in [7, 11) is 0. The second kappa shape index (κ2) is 9.27. The van der Waals surface area contributed by atoms with Gasteiger partial charge in [-0.3, -0.25) is 4.79 Å². The normalized spacial score (nSPS) is 13.2. The van der Waals surface area contributed by atoms with E-state index in [4.69, 9.17) is 4.42 Å². The van der Waals surface area contributed by atoms with Crippen molar-refractivity contribution in [2.75, 3.05) is 5.75 Å². The van der Waals surface area contributed by atoms with Gasteiger partial charge < -0.3 is 14.8 Å². The topological polar surface area (TPSA) is 92.4 Å². The predicted molar refractivity (Wildman–Crippen MR) is 97.1 cm³/mol. The first-order valence-corrected chi connectivity index (χ1v) is 9.26. The minimum Gasteiger partial charge on any atom is -0.480 e. The molecule has 1 aromatic carbocycles. The molecular weight excluding hydrogens is 340 g/mol. The molecule has 2 N–H and O–H groups in total. The van der Waals surface area contributed by atoms with E-state index in [-0.39, 0.29) is 17.6 Å². The van der Waals surface area contributed by atoms with Gasteiger partial charge in [-0.05, 0) is 18.1 Å². The summed E-state index contributed by atoms with van der Waals surface area (Å²) in [4.78, 5) is 27.6. The van der Waals surface area contributed by atoms with Crippen molar-refractivity contribution >= 4 is 23.6 Å². The number of aliphatic carboxylic acids is 1. The van der Waals surface area contributed by atoms with Gasteiger partial charge in [-0.25, -0.2) is 9.78 Å². The zero-order valence-corrected chi connectivity index (χ0v) is 15.1. The average molecular weight is 362 g/mol. The number of nitrogens with one attached hydrogen (secondary N) is 1. The zero-order chi connectivity index (χ0) is 18.2. The van der Waals surface area contributed by atoms with Gasteiger partial charge in [0.2, 0.25) is 11.8 Å². The number of carbonyl (C=O) groups excluding carboxylic acids is 1. The molecule has 0 bridgehead atoms. The number of benzene rings is 1. The lowest BCUT2D eigenvalue weighted by atomic mass is 9.99. The fourth-order valence-electron chi connectivity index (χ4n) is 2.23. The van der Waals surface area contributed by atoms with E-state index in [2.05, 4.69) is 10.3 Å². The largest absolute Gasteiger partial charge is 0.480 e. The van der Waals surface area contributed by atoms with Crippen LogP contribution in [0.3, 0.4) is 0 Å². The first-order chi connectivity index (χ1) is 12.0. The summed E-state index contributed by atoms with van der Waals surface area (Å²) in [6, 6.07) is 8.72. The molecule has 0 aliphatic rings. The van der Waals surface area contributed by atoms with Gasteiger partial charge in [0.1, 0.15) is 12.3 Å². The van der Waals surface area contributed by atoms with Crippen LogP contribution in [0.15, 0.2) is 41.0 Å². The Kier molecular flexibility index (Phi) is 7.06. The second-order valence-electron chi connectivity index (χ2n) is 5.77. The van der Waals surface area contributed by atoms with Gasteiger partial charge in [0.05, 0.1) is 11.4 Å². The van der Waals surface area contributed by atoms with E-state index in [1.54, 1.807) is 6.26 Å². The molecule has 0 radical (unpaired) electrons. The highest BCUT2D eigenvalue weighted by Gasteiger charge is 2.25. The van der Waals surface area contributed by atoms with Crippen molar-refractivity contribution in [3.8, 4) is 11.5 Å². The van der Waals surface area contributed by atoms with E-state index >= 15 is 0 Å². The number of rotatable bonds is 9. The number of amides is 1. The molecule has 25 heavy (non-hydrogen) atoms. The molecule has 0 aliphatic carbocycles. The molecule has 134 valence electrons. The third-order valence-corrected chi connectivity index (χ3v) is 4.82. The molecule has 0 unspecified atom stereocenters. The van der Waals surface area contributed by atoms with Crippen LogP contribution in [0.5, 0.6) is 0 Å². The first-order valence-electron chi connectivity index (χ1n) is 8.11. The van der Waals surface area contributed by atoms with Gasteiger partial charge in [0.15, 0.2) is 0 Å². The van der Waals surface area contributed by atoms with Crippen LogP contribution in [0.25, 0.3) is 11.5 Å². The first kappa shape index (κ1) is 19.1. The molecule has 7 heteroatoms. The van der Waals surface area contributed by atoms with Crippen molar-refractivity contribution < 1.29 is 19.1 Å². The highest BCUT2D eigenvalue weighted by molar-refractivity contribution is 7.99. The van der Waals surface area contributed by atoms with Crippen molar-refractivity contribution in [2.45, 2.75) is 32.1 Å². The van der Waals surface area contributed by atoms with Gasteiger partial charge in [-0.15, -0.1) is 11.8 Å². The van der Waals surface area contributed by atoms with Gasteiger partial charge in [0, 0.05) is 11.3 Å². The number of hydrogen-bond donors (Lipinski definition) is 2. The minimum absolute atomic E-state index is 0.115. The Morgan fingerprint density at radius 2 is 2.04 bits per heavy atom. The van der Waals surface area contributed by atoms with Crippen molar-refractivity contribution in [3.63, 3.8) is 0 Å². The van der Waals surface area contributed by atoms with Gasteiger partial charge in [-0.1, -0.05) is 38.5 Å².